The highest BCUT2D eigenvalue weighted by atomic mass is 16.5. The van der Waals surface area contributed by atoms with Crippen LogP contribution < -0.4 is 15.8 Å². The molecular weight excluding hydrogens is 368 g/mol. The maximum Gasteiger partial charge on any atom is 0.275 e. The van der Waals surface area contributed by atoms with Gasteiger partial charge in [0.2, 0.25) is 5.91 Å². The predicted octanol–water partition coefficient (Wildman–Crippen LogP) is 2.49. The lowest BCUT2D eigenvalue weighted by molar-refractivity contribution is -0.117. The van der Waals surface area contributed by atoms with Crippen molar-refractivity contribution in [1.82, 2.24) is 9.78 Å². The van der Waals surface area contributed by atoms with E-state index < -0.39 is 0 Å². The number of aryl methyl sites for hydroxylation is 2. The zero-order valence-corrected chi connectivity index (χ0v) is 16.6. The number of carbonyl (C=O) groups is 1. The minimum absolute atomic E-state index is 0.144. The van der Waals surface area contributed by atoms with Gasteiger partial charge in [0.05, 0.1) is 18.6 Å². The van der Waals surface area contributed by atoms with Gasteiger partial charge in [-0.3, -0.25) is 9.59 Å². The van der Waals surface area contributed by atoms with Gasteiger partial charge in [-0.15, -0.1) is 0 Å². The number of nitrogens with one attached hydrogen (secondary N) is 1. The first kappa shape index (κ1) is 19.1. The monoisotopic (exact) mass is 392 g/mol. The minimum Gasteiger partial charge on any atom is -0.378 e. The average molecular weight is 392 g/mol. The third-order valence-corrected chi connectivity index (χ3v) is 5.20. The Labute approximate surface area is 168 Å². The number of anilines is 2. The van der Waals surface area contributed by atoms with Crippen LogP contribution >= 0.6 is 0 Å². The molecule has 1 N–H and O–H groups in total. The number of para-hydroxylation sites is 1. The number of aromatic nitrogens is 2. The molecule has 0 atom stereocenters. The first-order valence-electron chi connectivity index (χ1n) is 9.73. The number of hydrogen-bond acceptors (Lipinski definition) is 5. The zero-order chi connectivity index (χ0) is 20.4. The molecule has 1 aliphatic rings. The Morgan fingerprint density at radius 1 is 1.03 bits per heavy atom. The molecule has 0 saturated carbocycles. The molecule has 7 heteroatoms. The third-order valence-electron chi connectivity index (χ3n) is 5.20. The van der Waals surface area contributed by atoms with Crippen molar-refractivity contribution in [3.63, 3.8) is 0 Å². The standard InChI is InChI=1S/C22H24N4O3/c1-15-6-5-7-16(2)20(15)23-19(27)14-26-22(28)18-9-4-3-8-17(18)21(24-26)25-10-12-29-13-11-25/h3-9H,10-14H2,1-2H3,(H,23,27). The third kappa shape index (κ3) is 3.86. The zero-order valence-electron chi connectivity index (χ0n) is 16.6. The Hall–Kier alpha value is -3.19. The van der Waals surface area contributed by atoms with E-state index in [1.807, 2.05) is 50.2 Å². The van der Waals surface area contributed by atoms with Gasteiger partial charge in [-0.25, -0.2) is 4.68 Å². The van der Waals surface area contributed by atoms with E-state index in [1.54, 1.807) is 6.07 Å². The summed E-state index contributed by atoms with van der Waals surface area (Å²) in [5.74, 6) is 0.434. The van der Waals surface area contributed by atoms with E-state index in [0.29, 0.717) is 37.5 Å². The van der Waals surface area contributed by atoms with E-state index in [1.165, 1.54) is 4.68 Å². The lowest BCUT2D eigenvalue weighted by atomic mass is 10.1. The summed E-state index contributed by atoms with van der Waals surface area (Å²) >= 11 is 0. The molecule has 1 fully saturated rings. The second-order valence-electron chi connectivity index (χ2n) is 7.25. The van der Waals surface area contributed by atoms with E-state index in [9.17, 15) is 9.59 Å². The maximum atomic E-state index is 13.0. The molecule has 29 heavy (non-hydrogen) atoms. The van der Waals surface area contributed by atoms with E-state index >= 15 is 0 Å². The van der Waals surface area contributed by atoms with Gasteiger partial charge in [0.25, 0.3) is 5.56 Å². The number of fused-ring (bicyclic) bond motifs is 1. The van der Waals surface area contributed by atoms with Crippen LogP contribution in [0.1, 0.15) is 11.1 Å². The van der Waals surface area contributed by atoms with Crippen molar-refractivity contribution in [2.24, 2.45) is 0 Å². The van der Waals surface area contributed by atoms with Crippen LogP contribution in [0.5, 0.6) is 0 Å². The van der Waals surface area contributed by atoms with Crippen molar-refractivity contribution in [3.05, 3.63) is 63.9 Å². The highest BCUT2D eigenvalue weighted by Gasteiger charge is 2.19. The van der Waals surface area contributed by atoms with E-state index in [2.05, 4.69) is 15.3 Å². The second-order valence-corrected chi connectivity index (χ2v) is 7.25. The van der Waals surface area contributed by atoms with Gasteiger partial charge in [-0.1, -0.05) is 36.4 Å². The van der Waals surface area contributed by atoms with Crippen LogP contribution in [0, 0.1) is 13.8 Å². The molecule has 150 valence electrons. The predicted molar refractivity (Wildman–Crippen MR) is 114 cm³/mol. The molecule has 0 bridgehead atoms. The van der Waals surface area contributed by atoms with Gasteiger partial charge in [0, 0.05) is 24.2 Å². The summed E-state index contributed by atoms with van der Waals surface area (Å²) in [5, 5.41) is 8.85. The average Bonchev–Trinajstić information content (AvgIpc) is 2.73. The molecule has 0 aliphatic carbocycles. The summed E-state index contributed by atoms with van der Waals surface area (Å²) in [7, 11) is 0. The molecule has 1 aromatic heterocycles. The van der Waals surface area contributed by atoms with Gasteiger partial charge in [0.1, 0.15) is 6.54 Å². The first-order valence-corrected chi connectivity index (χ1v) is 9.73. The van der Waals surface area contributed by atoms with E-state index in [-0.39, 0.29) is 18.0 Å². The Kier molecular flexibility index (Phi) is 5.31. The quantitative estimate of drug-likeness (QED) is 0.738. The second kappa shape index (κ2) is 8.05. The summed E-state index contributed by atoms with van der Waals surface area (Å²) in [6.07, 6.45) is 0. The summed E-state index contributed by atoms with van der Waals surface area (Å²) in [6.45, 7) is 6.37. The van der Waals surface area contributed by atoms with Crippen LogP contribution in [0.4, 0.5) is 11.5 Å². The molecule has 3 aromatic rings. The van der Waals surface area contributed by atoms with Gasteiger partial charge >= 0.3 is 0 Å². The number of hydrogen-bond donors (Lipinski definition) is 1. The molecule has 1 saturated heterocycles. The molecular formula is C22H24N4O3. The Balaban J connectivity index is 1.69. The number of benzene rings is 2. The van der Waals surface area contributed by atoms with Crippen molar-refractivity contribution in [2.45, 2.75) is 20.4 Å². The fourth-order valence-electron chi connectivity index (χ4n) is 3.66. The minimum atomic E-state index is -0.278. The topological polar surface area (TPSA) is 76.5 Å². The molecule has 0 radical (unpaired) electrons. The SMILES string of the molecule is Cc1cccc(C)c1NC(=O)Cn1nc(N2CCOCC2)c2ccccc2c1=O. The van der Waals surface area contributed by atoms with Crippen molar-refractivity contribution in [1.29, 1.82) is 0 Å². The normalized spacial score (nSPS) is 14.2. The van der Waals surface area contributed by atoms with E-state index in [0.717, 1.165) is 22.2 Å². The van der Waals surface area contributed by atoms with Crippen LogP contribution in [-0.2, 0) is 16.1 Å². The lowest BCUT2D eigenvalue weighted by Crippen LogP contribution is -2.39. The largest absolute Gasteiger partial charge is 0.378 e. The summed E-state index contributed by atoms with van der Waals surface area (Å²) in [4.78, 5) is 27.8. The number of ether oxygens (including phenoxy) is 1. The van der Waals surface area contributed by atoms with E-state index in [4.69, 9.17) is 4.74 Å². The van der Waals surface area contributed by atoms with Gasteiger partial charge in [0.15, 0.2) is 5.82 Å². The molecule has 4 rings (SSSR count). The van der Waals surface area contributed by atoms with Crippen molar-refractivity contribution in [3.8, 4) is 0 Å². The van der Waals surface area contributed by atoms with Gasteiger partial charge < -0.3 is 15.0 Å². The molecule has 7 nitrogen and oxygen atoms in total. The van der Waals surface area contributed by atoms with Crippen LogP contribution in [0.25, 0.3) is 10.8 Å². The highest BCUT2D eigenvalue weighted by molar-refractivity contribution is 5.94. The van der Waals surface area contributed by atoms with Crippen molar-refractivity contribution < 1.29 is 9.53 Å². The Morgan fingerprint density at radius 2 is 1.69 bits per heavy atom. The molecule has 2 heterocycles. The van der Waals surface area contributed by atoms with Gasteiger partial charge in [-0.2, -0.15) is 5.10 Å². The molecule has 1 aliphatic heterocycles. The number of nitrogens with zero attached hydrogens (tertiary/aromatic N) is 3. The summed E-state index contributed by atoms with van der Waals surface area (Å²) in [5.41, 5.74) is 2.46. The fraction of sp³-hybridized carbons (Fsp3) is 0.318. The molecule has 1 amide bonds. The number of rotatable bonds is 4. The molecule has 0 spiro atoms. The highest BCUT2D eigenvalue weighted by Crippen LogP contribution is 2.23. The maximum absolute atomic E-state index is 13.0. The molecule has 2 aromatic carbocycles. The smallest absolute Gasteiger partial charge is 0.275 e. The van der Waals surface area contributed by atoms with Crippen LogP contribution in [0.3, 0.4) is 0 Å². The van der Waals surface area contributed by atoms with Crippen LogP contribution in [-0.4, -0.2) is 42.0 Å². The van der Waals surface area contributed by atoms with Crippen LogP contribution in [0.2, 0.25) is 0 Å². The molecule has 0 unspecified atom stereocenters. The summed E-state index contributed by atoms with van der Waals surface area (Å²) in [6, 6.07) is 13.2. The Morgan fingerprint density at radius 3 is 2.38 bits per heavy atom. The number of carbonyl (C=O) groups excluding carboxylic acids is 1. The number of amides is 1. The van der Waals surface area contributed by atoms with Gasteiger partial charge in [-0.05, 0) is 31.0 Å². The van der Waals surface area contributed by atoms with Crippen molar-refractivity contribution >= 4 is 28.2 Å². The van der Waals surface area contributed by atoms with Crippen LogP contribution in [0.15, 0.2) is 47.3 Å². The fourth-order valence-corrected chi connectivity index (χ4v) is 3.66. The summed E-state index contributed by atoms with van der Waals surface area (Å²) < 4.78 is 6.70. The first-order chi connectivity index (χ1) is 14.0. The Bertz CT molecular complexity index is 1100. The van der Waals surface area contributed by atoms with Crippen molar-refractivity contribution in [2.75, 3.05) is 36.5 Å². The number of morpholine rings is 1. The lowest BCUT2D eigenvalue weighted by Gasteiger charge is -2.29.